The SMILES string of the molecule is c1ccc(-c2ccc(N(c3ccc(-c4ccccc4)cc3)c3ccc(-c4ccc5c(c4)-c4ccc(-c6ccccc6)cc4-c4cc6ccccc6cc4O5)cc3)cc2)cc1. The van der Waals surface area contributed by atoms with Crippen molar-refractivity contribution >= 4 is 27.8 Å². The number of hydrogen-bond acceptors (Lipinski definition) is 2. The molecule has 60 heavy (non-hydrogen) atoms. The molecule has 0 spiro atoms. The van der Waals surface area contributed by atoms with Gasteiger partial charge in [-0.15, -0.1) is 0 Å². The summed E-state index contributed by atoms with van der Waals surface area (Å²) in [5.41, 5.74) is 17.2. The van der Waals surface area contributed by atoms with Crippen LogP contribution < -0.4 is 9.64 Å². The minimum absolute atomic E-state index is 0.849. The molecular weight excluding hydrogens is 727 g/mol. The fourth-order valence-electron chi connectivity index (χ4n) is 8.57. The summed E-state index contributed by atoms with van der Waals surface area (Å²) in [5.74, 6) is 1.71. The van der Waals surface area contributed by atoms with Crippen LogP contribution in [0.25, 0.3) is 77.5 Å². The average molecular weight is 766 g/mol. The zero-order valence-corrected chi connectivity index (χ0v) is 32.9. The monoisotopic (exact) mass is 765 g/mol. The van der Waals surface area contributed by atoms with E-state index in [0.29, 0.717) is 0 Å². The van der Waals surface area contributed by atoms with Crippen molar-refractivity contribution in [2.75, 3.05) is 4.90 Å². The van der Waals surface area contributed by atoms with E-state index in [1.54, 1.807) is 0 Å². The van der Waals surface area contributed by atoms with Crippen LogP contribution >= 0.6 is 0 Å². The van der Waals surface area contributed by atoms with Gasteiger partial charge in [-0.2, -0.15) is 0 Å². The van der Waals surface area contributed by atoms with E-state index in [-0.39, 0.29) is 0 Å². The molecule has 0 aromatic heterocycles. The van der Waals surface area contributed by atoms with Gasteiger partial charge in [-0.05, 0) is 133 Å². The van der Waals surface area contributed by atoms with Gasteiger partial charge >= 0.3 is 0 Å². The van der Waals surface area contributed by atoms with Gasteiger partial charge in [0.2, 0.25) is 0 Å². The lowest BCUT2D eigenvalue weighted by Gasteiger charge is -2.26. The van der Waals surface area contributed by atoms with Crippen molar-refractivity contribution in [1.29, 1.82) is 0 Å². The van der Waals surface area contributed by atoms with Crippen molar-refractivity contribution in [3.05, 3.63) is 237 Å². The van der Waals surface area contributed by atoms with Crippen molar-refractivity contribution in [2.24, 2.45) is 0 Å². The maximum atomic E-state index is 6.84. The lowest BCUT2D eigenvalue weighted by molar-refractivity contribution is 0.488. The first-order valence-electron chi connectivity index (χ1n) is 20.5. The van der Waals surface area contributed by atoms with E-state index in [2.05, 4.69) is 241 Å². The predicted octanol–water partition coefficient (Wildman–Crippen LogP) is 16.4. The Bertz CT molecular complexity index is 3040. The molecule has 0 aliphatic carbocycles. The predicted molar refractivity (Wildman–Crippen MR) is 251 cm³/mol. The van der Waals surface area contributed by atoms with Crippen molar-refractivity contribution < 1.29 is 4.74 Å². The van der Waals surface area contributed by atoms with Crippen LogP contribution in [0.2, 0.25) is 0 Å². The summed E-state index contributed by atoms with van der Waals surface area (Å²) in [6.45, 7) is 0. The van der Waals surface area contributed by atoms with Crippen molar-refractivity contribution in [2.45, 2.75) is 0 Å². The molecule has 0 radical (unpaired) electrons. The molecule has 1 heterocycles. The number of ether oxygens (including phenoxy) is 1. The van der Waals surface area contributed by atoms with Gasteiger partial charge in [0, 0.05) is 28.2 Å². The van der Waals surface area contributed by atoms with E-state index in [1.165, 1.54) is 38.8 Å². The van der Waals surface area contributed by atoms with Gasteiger partial charge in [0.05, 0.1) is 0 Å². The van der Waals surface area contributed by atoms with Crippen LogP contribution in [0, 0.1) is 0 Å². The Morgan fingerprint density at radius 3 is 1.12 bits per heavy atom. The molecule has 0 atom stereocenters. The molecule has 282 valence electrons. The zero-order chi connectivity index (χ0) is 39.8. The average Bonchev–Trinajstić information content (AvgIpc) is 3.46. The first kappa shape index (κ1) is 35.2. The standard InChI is InChI=1S/C58H39NO/c1-4-12-40(13-5-1)43-20-28-50(29-21-43)59(51-30-22-44(23-31-51)41-14-6-2-7-15-41)52-32-24-45(25-33-52)49-27-35-57-55(38-49)53-34-26-48(42-16-8-3-9-17-42)36-54(53)56-37-46-18-10-11-19-47(46)39-58(56)60-57/h1-39H. The minimum Gasteiger partial charge on any atom is -0.456 e. The number of anilines is 3. The second-order valence-electron chi connectivity index (χ2n) is 15.3. The van der Waals surface area contributed by atoms with Gasteiger partial charge in [-0.25, -0.2) is 0 Å². The molecule has 0 unspecified atom stereocenters. The summed E-state index contributed by atoms with van der Waals surface area (Å²) in [7, 11) is 0. The van der Waals surface area contributed by atoms with Crippen molar-refractivity contribution in [1.82, 2.24) is 0 Å². The third kappa shape index (κ3) is 6.61. The minimum atomic E-state index is 0.849. The molecular formula is C58H39NO. The number of fused-ring (bicyclic) bond motifs is 6. The van der Waals surface area contributed by atoms with E-state index in [9.17, 15) is 0 Å². The lowest BCUT2D eigenvalue weighted by atomic mass is 9.89. The summed E-state index contributed by atoms with van der Waals surface area (Å²) in [4.78, 5) is 2.33. The van der Waals surface area contributed by atoms with Gasteiger partial charge in [0.1, 0.15) is 11.5 Å². The molecule has 10 aromatic rings. The highest BCUT2D eigenvalue weighted by Crippen LogP contribution is 2.50. The smallest absolute Gasteiger partial charge is 0.135 e. The number of rotatable bonds is 7. The van der Waals surface area contributed by atoms with Crippen LogP contribution in [-0.4, -0.2) is 0 Å². The molecule has 2 nitrogen and oxygen atoms in total. The highest BCUT2D eigenvalue weighted by atomic mass is 16.5. The van der Waals surface area contributed by atoms with Crippen molar-refractivity contribution in [3.8, 4) is 78.3 Å². The highest BCUT2D eigenvalue weighted by Gasteiger charge is 2.23. The van der Waals surface area contributed by atoms with E-state index in [4.69, 9.17) is 4.74 Å². The summed E-state index contributed by atoms with van der Waals surface area (Å²) in [6, 6.07) is 84.8. The lowest BCUT2D eigenvalue weighted by Crippen LogP contribution is -2.09. The molecule has 0 amide bonds. The van der Waals surface area contributed by atoms with Crippen LogP contribution in [0.1, 0.15) is 0 Å². The second kappa shape index (κ2) is 15.1. The van der Waals surface area contributed by atoms with Gasteiger partial charge in [0.25, 0.3) is 0 Å². The van der Waals surface area contributed by atoms with Crippen LogP contribution in [0.3, 0.4) is 0 Å². The first-order valence-corrected chi connectivity index (χ1v) is 20.5. The normalized spacial score (nSPS) is 11.5. The van der Waals surface area contributed by atoms with Gasteiger partial charge in [-0.3, -0.25) is 0 Å². The van der Waals surface area contributed by atoms with Gasteiger partial charge in [0.15, 0.2) is 0 Å². The van der Waals surface area contributed by atoms with Crippen LogP contribution in [0.15, 0.2) is 237 Å². The Kier molecular flexibility index (Phi) is 8.87. The summed E-state index contributed by atoms with van der Waals surface area (Å²) < 4.78 is 6.84. The van der Waals surface area contributed by atoms with E-state index >= 15 is 0 Å². The Morgan fingerprint density at radius 2 is 0.600 bits per heavy atom. The Morgan fingerprint density at radius 1 is 0.233 bits per heavy atom. The largest absolute Gasteiger partial charge is 0.456 e. The second-order valence-corrected chi connectivity index (χ2v) is 15.3. The summed E-state index contributed by atoms with van der Waals surface area (Å²) >= 11 is 0. The van der Waals surface area contributed by atoms with E-state index in [0.717, 1.165) is 67.3 Å². The first-order chi connectivity index (χ1) is 29.7. The Balaban J connectivity index is 0.983. The zero-order valence-electron chi connectivity index (χ0n) is 32.9. The Hall–Kier alpha value is -7.94. The van der Waals surface area contributed by atoms with Crippen LogP contribution in [-0.2, 0) is 0 Å². The molecule has 2 heteroatoms. The van der Waals surface area contributed by atoms with Crippen LogP contribution in [0.4, 0.5) is 17.1 Å². The molecule has 0 fully saturated rings. The number of nitrogens with zero attached hydrogens (tertiary/aromatic N) is 1. The molecule has 0 saturated heterocycles. The molecule has 0 bridgehead atoms. The summed E-state index contributed by atoms with van der Waals surface area (Å²) in [5, 5.41) is 2.35. The number of benzene rings is 10. The molecule has 0 saturated carbocycles. The fourth-order valence-corrected chi connectivity index (χ4v) is 8.57. The number of hydrogen-bond donors (Lipinski definition) is 0. The maximum absolute atomic E-state index is 6.84. The molecule has 0 N–H and O–H groups in total. The van der Waals surface area contributed by atoms with E-state index < -0.39 is 0 Å². The maximum Gasteiger partial charge on any atom is 0.135 e. The third-order valence-corrected chi connectivity index (χ3v) is 11.7. The van der Waals surface area contributed by atoms with Crippen LogP contribution in [0.5, 0.6) is 11.5 Å². The van der Waals surface area contributed by atoms with Gasteiger partial charge < -0.3 is 9.64 Å². The van der Waals surface area contributed by atoms with E-state index in [1.807, 2.05) is 0 Å². The molecule has 1 aliphatic heterocycles. The third-order valence-electron chi connectivity index (χ3n) is 11.7. The quantitative estimate of drug-likeness (QED) is 0.160. The fraction of sp³-hybridized carbons (Fsp3) is 0. The van der Waals surface area contributed by atoms with Crippen molar-refractivity contribution in [3.63, 3.8) is 0 Å². The molecule has 10 aromatic carbocycles. The molecule has 11 rings (SSSR count). The Labute approximate surface area is 350 Å². The van der Waals surface area contributed by atoms with Gasteiger partial charge in [-0.1, -0.05) is 170 Å². The topological polar surface area (TPSA) is 12.5 Å². The molecule has 1 aliphatic rings. The summed E-state index contributed by atoms with van der Waals surface area (Å²) in [6.07, 6.45) is 0. The highest BCUT2D eigenvalue weighted by molar-refractivity contribution is 5.99.